The van der Waals surface area contributed by atoms with E-state index in [1.54, 1.807) is 0 Å². The Kier molecular flexibility index (Phi) is 8.62. The zero-order valence-electron chi connectivity index (χ0n) is 24.1. The third kappa shape index (κ3) is 6.33. The highest BCUT2D eigenvalue weighted by atomic mass is 16.2. The molecule has 2 aliphatic heterocycles. The van der Waals surface area contributed by atoms with Crippen LogP contribution in [0.3, 0.4) is 0 Å². The number of piperidine rings is 1. The van der Waals surface area contributed by atoms with Gasteiger partial charge in [-0.05, 0) is 116 Å². The average Bonchev–Trinajstić information content (AvgIpc) is 3.57. The minimum Gasteiger partial charge on any atom is -0.351 e. The average molecular weight is 533 g/mol. The van der Waals surface area contributed by atoms with Crippen LogP contribution < -0.4 is 5.32 Å². The molecular weight excluding hydrogens is 488 g/mol. The van der Waals surface area contributed by atoms with Gasteiger partial charge in [-0.1, -0.05) is 18.4 Å². The van der Waals surface area contributed by atoms with E-state index < -0.39 is 5.92 Å². The highest BCUT2D eigenvalue weighted by Crippen LogP contribution is 2.36. The highest BCUT2D eigenvalue weighted by Gasteiger charge is 2.28. The lowest BCUT2D eigenvalue weighted by Gasteiger charge is -2.32. The van der Waals surface area contributed by atoms with E-state index in [0.29, 0.717) is 17.5 Å². The number of benzene rings is 1. The lowest BCUT2D eigenvalue weighted by Crippen LogP contribution is -2.35. The molecule has 2 aromatic rings. The molecule has 3 heterocycles. The van der Waals surface area contributed by atoms with Crippen LogP contribution in [0.25, 0.3) is 10.9 Å². The standard InChI is InChI=1S/C31H44N6O2/c1-21-16-22(2)34-31(39)27(21)19-32-30(38)26-17-24(23-10-14-36(15-11-23)13-7-12-35(3)4)18-29-28(26)20-33-37(29)25-8-5-6-9-25/h16-18,20,23,25,27H,5-15,19H2,1-4H3,(H,32,38). The van der Waals surface area contributed by atoms with Crippen molar-refractivity contribution >= 4 is 28.4 Å². The number of aromatic nitrogens is 2. The van der Waals surface area contributed by atoms with Crippen molar-refractivity contribution in [2.45, 2.75) is 70.8 Å². The quantitative estimate of drug-likeness (QED) is 0.511. The van der Waals surface area contributed by atoms with E-state index in [2.05, 4.69) is 51.0 Å². The van der Waals surface area contributed by atoms with Crippen LogP contribution in [0.5, 0.6) is 0 Å². The van der Waals surface area contributed by atoms with Gasteiger partial charge in [-0.15, -0.1) is 0 Å². The first-order chi connectivity index (χ1) is 18.8. The molecule has 2 fully saturated rings. The fourth-order valence-corrected chi connectivity index (χ4v) is 6.58. The molecular formula is C31H44N6O2. The van der Waals surface area contributed by atoms with E-state index in [0.717, 1.165) is 74.1 Å². The molecule has 1 aromatic carbocycles. The maximum absolute atomic E-state index is 13.6. The van der Waals surface area contributed by atoms with Crippen LogP contribution >= 0.6 is 0 Å². The molecule has 1 saturated heterocycles. The Balaban J connectivity index is 1.36. The number of carbonyl (C=O) groups excluding carboxylic acids is 2. The summed E-state index contributed by atoms with van der Waals surface area (Å²) >= 11 is 0. The number of hydrogen-bond donors (Lipinski definition) is 1. The second kappa shape index (κ2) is 12.1. The van der Waals surface area contributed by atoms with Gasteiger partial charge < -0.3 is 15.1 Å². The van der Waals surface area contributed by atoms with E-state index in [-0.39, 0.29) is 18.4 Å². The van der Waals surface area contributed by atoms with Crippen LogP contribution in [0.1, 0.15) is 86.7 Å². The van der Waals surface area contributed by atoms with Crippen molar-refractivity contribution < 1.29 is 9.59 Å². The van der Waals surface area contributed by atoms with E-state index in [9.17, 15) is 9.59 Å². The minimum atomic E-state index is -0.408. The van der Waals surface area contributed by atoms with Crippen molar-refractivity contribution in [3.63, 3.8) is 0 Å². The number of dihydropyridines is 1. The normalized spacial score (nSPS) is 21.6. The van der Waals surface area contributed by atoms with E-state index >= 15 is 0 Å². The van der Waals surface area contributed by atoms with E-state index in [1.165, 1.54) is 24.8 Å². The number of carbonyl (C=O) groups is 2. The molecule has 210 valence electrons. The summed E-state index contributed by atoms with van der Waals surface area (Å²) in [4.78, 5) is 35.1. The smallest absolute Gasteiger partial charge is 0.254 e. The van der Waals surface area contributed by atoms with E-state index in [1.807, 2.05) is 26.1 Å². The van der Waals surface area contributed by atoms with Crippen molar-refractivity contribution in [2.24, 2.45) is 10.9 Å². The molecule has 1 aliphatic carbocycles. The van der Waals surface area contributed by atoms with Gasteiger partial charge in [-0.25, -0.2) is 4.99 Å². The van der Waals surface area contributed by atoms with Crippen molar-refractivity contribution in [3.8, 4) is 0 Å². The Bertz CT molecular complexity index is 1260. The van der Waals surface area contributed by atoms with Gasteiger partial charge >= 0.3 is 0 Å². The summed E-state index contributed by atoms with van der Waals surface area (Å²) in [6.07, 6.45) is 11.9. The zero-order chi connectivity index (χ0) is 27.5. The van der Waals surface area contributed by atoms with Gasteiger partial charge in [0, 0.05) is 17.6 Å². The fraction of sp³-hybridized carbons (Fsp3) is 0.613. The number of aliphatic imine (C=N–C) groups is 1. The summed E-state index contributed by atoms with van der Waals surface area (Å²) in [5.74, 6) is -0.298. The first-order valence-corrected chi connectivity index (χ1v) is 14.7. The molecule has 1 atom stereocenters. The molecule has 0 radical (unpaired) electrons. The first kappa shape index (κ1) is 27.7. The summed E-state index contributed by atoms with van der Waals surface area (Å²) in [6.45, 7) is 8.46. The third-order valence-electron chi connectivity index (χ3n) is 8.83. The largest absolute Gasteiger partial charge is 0.351 e. The molecule has 8 nitrogen and oxygen atoms in total. The maximum Gasteiger partial charge on any atom is 0.254 e. The topological polar surface area (TPSA) is 82.8 Å². The Labute approximate surface area is 232 Å². The molecule has 1 N–H and O–H groups in total. The first-order valence-electron chi connectivity index (χ1n) is 14.7. The van der Waals surface area contributed by atoms with Crippen LogP contribution in [0.15, 0.2) is 35.0 Å². The van der Waals surface area contributed by atoms with Crippen LogP contribution in [-0.4, -0.2) is 83.9 Å². The number of amides is 2. The molecule has 5 rings (SSSR count). The van der Waals surface area contributed by atoms with Gasteiger partial charge in [0.15, 0.2) is 0 Å². The molecule has 39 heavy (non-hydrogen) atoms. The number of likely N-dealkylation sites (tertiary alicyclic amines) is 1. The monoisotopic (exact) mass is 532 g/mol. The number of fused-ring (bicyclic) bond motifs is 1. The lowest BCUT2D eigenvalue weighted by atomic mass is 9.87. The van der Waals surface area contributed by atoms with Crippen molar-refractivity contribution in [3.05, 3.63) is 41.1 Å². The summed E-state index contributed by atoms with van der Waals surface area (Å²) in [7, 11) is 4.26. The summed E-state index contributed by atoms with van der Waals surface area (Å²) in [5.41, 5.74) is 4.65. The van der Waals surface area contributed by atoms with E-state index in [4.69, 9.17) is 5.10 Å². The Hall–Kier alpha value is -2.84. The highest BCUT2D eigenvalue weighted by molar-refractivity contribution is 6.08. The van der Waals surface area contributed by atoms with Crippen LogP contribution in [-0.2, 0) is 4.79 Å². The molecule has 8 heteroatoms. The molecule has 1 saturated carbocycles. The van der Waals surface area contributed by atoms with Gasteiger partial charge in [0.05, 0.1) is 29.2 Å². The lowest BCUT2D eigenvalue weighted by molar-refractivity contribution is -0.120. The summed E-state index contributed by atoms with van der Waals surface area (Å²) in [5, 5.41) is 8.76. The van der Waals surface area contributed by atoms with Crippen LogP contribution in [0.2, 0.25) is 0 Å². The molecule has 2 amide bonds. The SMILES string of the molecule is CC1=CC(C)=NC(=O)C1CNC(=O)c1cc(C2CCN(CCCN(C)C)CC2)cc2c1cnn2C1CCCC1. The molecule has 1 aromatic heterocycles. The van der Waals surface area contributed by atoms with Crippen molar-refractivity contribution in [2.75, 3.05) is 46.8 Å². The number of nitrogens with zero attached hydrogens (tertiary/aromatic N) is 5. The Morgan fingerprint density at radius 2 is 1.85 bits per heavy atom. The zero-order valence-corrected chi connectivity index (χ0v) is 24.1. The number of rotatable bonds is 9. The fourth-order valence-electron chi connectivity index (χ4n) is 6.58. The molecule has 1 unspecified atom stereocenters. The number of allylic oxidation sites excluding steroid dienone is 1. The predicted molar refractivity (Wildman–Crippen MR) is 157 cm³/mol. The maximum atomic E-state index is 13.6. The van der Waals surface area contributed by atoms with Crippen molar-refractivity contribution in [1.82, 2.24) is 24.9 Å². The summed E-state index contributed by atoms with van der Waals surface area (Å²) in [6, 6.07) is 4.80. The van der Waals surface area contributed by atoms with Gasteiger partial charge in [0.1, 0.15) is 0 Å². The Morgan fingerprint density at radius 3 is 2.54 bits per heavy atom. The van der Waals surface area contributed by atoms with Gasteiger partial charge in [0.25, 0.3) is 11.8 Å². The molecule has 0 spiro atoms. The van der Waals surface area contributed by atoms with Crippen LogP contribution in [0, 0.1) is 5.92 Å². The minimum absolute atomic E-state index is 0.138. The number of hydrogen-bond acceptors (Lipinski definition) is 5. The van der Waals surface area contributed by atoms with Crippen molar-refractivity contribution in [1.29, 1.82) is 0 Å². The van der Waals surface area contributed by atoms with Gasteiger partial charge in [-0.3, -0.25) is 14.3 Å². The summed E-state index contributed by atoms with van der Waals surface area (Å²) < 4.78 is 2.17. The van der Waals surface area contributed by atoms with Gasteiger partial charge in [-0.2, -0.15) is 5.10 Å². The number of nitrogens with one attached hydrogen (secondary N) is 1. The predicted octanol–water partition coefficient (Wildman–Crippen LogP) is 4.58. The second-order valence-electron chi connectivity index (χ2n) is 12.0. The molecule has 3 aliphatic rings. The second-order valence-corrected chi connectivity index (χ2v) is 12.0. The van der Waals surface area contributed by atoms with Gasteiger partial charge in [0.2, 0.25) is 0 Å². The Morgan fingerprint density at radius 1 is 1.10 bits per heavy atom. The third-order valence-corrected chi connectivity index (χ3v) is 8.83. The van der Waals surface area contributed by atoms with Crippen LogP contribution in [0.4, 0.5) is 0 Å². The molecule has 0 bridgehead atoms.